The molecule has 7 nitrogen and oxygen atoms in total. The van der Waals surface area contributed by atoms with Gasteiger partial charge in [0.05, 0.1) is 5.56 Å². The lowest BCUT2D eigenvalue weighted by molar-refractivity contribution is -0.107. The number of piperidine rings is 1. The van der Waals surface area contributed by atoms with Crippen LogP contribution >= 0.6 is 11.8 Å². The number of carbonyl (C=O) groups is 1. The summed E-state index contributed by atoms with van der Waals surface area (Å²) in [7, 11) is 3.83. The lowest BCUT2D eigenvalue weighted by Gasteiger charge is -2.28. The van der Waals surface area contributed by atoms with Crippen molar-refractivity contribution in [2.24, 2.45) is 4.99 Å². The van der Waals surface area contributed by atoms with Crippen molar-refractivity contribution in [3.8, 4) is 6.07 Å². The Morgan fingerprint density at radius 1 is 1.44 bits per heavy atom. The second kappa shape index (κ2) is 13.2. The molecule has 0 bridgehead atoms. The standard InChI is InChI=1S/C27H35FN6OS/c1-4-26-25(11-14-34(19-35)23-9-10-24(30)21(15-23)16-29)32(3)27(36-26)20(17-31-2)7-5-12-33-13-6-8-22(28)18-33/h5,7,9-10,12,15,17,19,22,27H,4,6,8,11,13-14,18,30H2,1-3H3/b12-5+,20-7+,31-17?. The van der Waals surface area contributed by atoms with Gasteiger partial charge in [0.15, 0.2) is 0 Å². The number of hydrogen-bond donors (Lipinski definition) is 1. The molecule has 9 heteroatoms. The predicted octanol–water partition coefficient (Wildman–Crippen LogP) is 4.69. The minimum Gasteiger partial charge on any atom is -0.398 e. The number of likely N-dealkylation sites (tertiary alicyclic amines) is 1. The van der Waals surface area contributed by atoms with Crippen LogP contribution in [0.2, 0.25) is 0 Å². The molecule has 2 N–H and O–H groups in total. The van der Waals surface area contributed by atoms with Gasteiger partial charge < -0.3 is 20.4 Å². The van der Waals surface area contributed by atoms with Crippen molar-refractivity contribution in [2.75, 3.05) is 44.4 Å². The van der Waals surface area contributed by atoms with Crippen molar-refractivity contribution in [2.45, 2.75) is 44.2 Å². The van der Waals surface area contributed by atoms with Gasteiger partial charge in [0.2, 0.25) is 6.41 Å². The van der Waals surface area contributed by atoms with Crippen molar-refractivity contribution in [1.29, 1.82) is 5.26 Å². The van der Waals surface area contributed by atoms with Crippen molar-refractivity contribution in [1.82, 2.24) is 9.80 Å². The number of nitriles is 1. The first-order valence-corrected chi connectivity index (χ1v) is 13.1. The van der Waals surface area contributed by atoms with E-state index in [2.05, 4.69) is 36.0 Å². The van der Waals surface area contributed by atoms with Crippen LogP contribution in [-0.2, 0) is 4.79 Å². The van der Waals surface area contributed by atoms with E-state index in [1.165, 1.54) is 10.6 Å². The highest BCUT2D eigenvalue weighted by molar-refractivity contribution is 8.04. The van der Waals surface area contributed by atoms with Gasteiger partial charge in [-0.2, -0.15) is 5.26 Å². The van der Waals surface area contributed by atoms with Crippen LogP contribution in [0.15, 0.2) is 57.7 Å². The maximum absolute atomic E-state index is 13.7. The number of rotatable bonds is 10. The highest BCUT2D eigenvalue weighted by Crippen LogP contribution is 2.43. The second-order valence-electron chi connectivity index (χ2n) is 8.87. The molecule has 1 aromatic carbocycles. The summed E-state index contributed by atoms with van der Waals surface area (Å²) in [5, 5.41) is 9.34. The number of nitrogens with two attached hydrogens (primary N) is 1. The Morgan fingerprint density at radius 3 is 2.92 bits per heavy atom. The lowest BCUT2D eigenvalue weighted by atomic mass is 10.1. The van der Waals surface area contributed by atoms with Gasteiger partial charge in [-0.15, -0.1) is 0 Å². The number of anilines is 2. The van der Waals surface area contributed by atoms with Crippen molar-refractivity contribution in [3.63, 3.8) is 0 Å². The lowest BCUT2D eigenvalue weighted by Crippen LogP contribution is -2.32. The fourth-order valence-corrected chi connectivity index (χ4v) is 5.89. The van der Waals surface area contributed by atoms with Gasteiger partial charge in [-0.05, 0) is 49.7 Å². The van der Waals surface area contributed by atoms with Crippen molar-refractivity contribution < 1.29 is 9.18 Å². The highest BCUT2D eigenvalue weighted by Gasteiger charge is 2.31. The molecule has 1 saturated heterocycles. The van der Waals surface area contributed by atoms with E-state index in [9.17, 15) is 14.4 Å². The van der Waals surface area contributed by atoms with Crippen LogP contribution in [0.3, 0.4) is 0 Å². The molecular weight excluding hydrogens is 475 g/mol. The number of alkyl halides is 1. The largest absolute Gasteiger partial charge is 0.398 e. The molecule has 1 aromatic rings. The summed E-state index contributed by atoms with van der Waals surface area (Å²) in [6.45, 7) is 3.94. The first-order chi connectivity index (χ1) is 17.4. The molecule has 36 heavy (non-hydrogen) atoms. The summed E-state index contributed by atoms with van der Waals surface area (Å²) in [4.78, 5) is 23.3. The number of nitrogens with zero attached hydrogens (tertiary/aromatic N) is 5. The quantitative estimate of drug-likeness (QED) is 0.213. The molecule has 0 spiro atoms. The zero-order valence-corrected chi connectivity index (χ0v) is 22.0. The maximum Gasteiger partial charge on any atom is 0.214 e. The molecule has 2 heterocycles. The van der Waals surface area contributed by atoms with Crippen molar-refractivity contribution in [3.05, 3.63) is 58.3 Å². The van der Waals surface area contributed by atoms with E-state index in [0.29, 0.717) is 42.9 Å². The van der Waals surface area contributed by atoms with E-state index in [-0.39, 0.29) is 5.37 Å². The topological polar surface area (TPSA) is 89.0 Å². The van der Waals surface area contributed by atoms with Crippen molar-refractivity contribution >= 4 is 35.8 Å². The monoisotopic (exact) mass is 510 g/mol. The van der Waals surface area contributed by atoms with E-state index < -0.39 is 6.17 Å². The average Bonchev–Trinajstić information content (AvgIpc) is 3.19. The Morgan fingerprint density at radius 2 is 2.25 bits per heavy atom. The van der Waals surface area contributed by atoms with Crippen LogP contribution < -0.4 is 10.6 Å². The Kier molecular flexibility index (Phi) is 10.00. The number of likely N-dealkylation sites (N-methyl/N-ethyl adjacent to an activating group) is 1. The van der Waals surface area contributed by atoms with Gasteiger partial charge in [-0.25, -0.2) is 4.39 Å². The highest BCUT2D eigenvalue weighted by atomic mass is 32.2. The number of allylic oxidation sites excluding steroid dienone is 3. The zero-order valence-electron chi connectivity index (χ0n) is 21.2. The molecule has 0 radical (unpaired) electrons. The molecule has 0 aliphatic carbocycles. The fourth-order valence-electron chi connectivity index (χ4n) is 4.51. The number of thioether (sulfide) groups is 1. The summed E-state index contributed by atoms with van der Waals surface area (Å²) in [6, 6.07) is 7.13. The van der Waals surface area contributed by atoms with Gasteiger partial charge in [-0.1, -0.05) is 24.8 Å². The molecule has 1 amide bonds. The molecular formula is C27H35FN6OS. The van der Waals surface area contributed by atoms with Crippen LogP contribution in [0.5, 0.6) is 0 Å². The molecule has 2 unspecified atom stereocenters. The van der Waals surface area contributed by atoms with Crippen LogP contribution in [0.1, 0.15) is 38.2 Å². The Labute approximate surface area is 217 Å². The van der Waals surface area contributed by atoms with E-state index in [0.717, 1.165) is 31.4 Å². The number of benzene rings is 1. The Hall–Kier alpha value is -3.25. The average molecular weight is 511 g/mol. The van der Waals surface area contributed by atoms with E-state index in [1.54, 1.807) is 41.9 Å². The SMILES string of the molecule is CCC1=C(CCN(C=O)c2ccc(N)c(C#N)c2)N(C)C(/C(C=NC)=C/C=C/N2CCCC(F)C2)S1. The summed E-state index contributed by atoms with van der Waals surface area (Å²) in [5.74, 6) is 0. The minimum atomic E-state index is -0.759. The summed E-state index contributed by atoms with van der Waals surface area (Å²) in [5.41, 5.74) is 9.48. The maximum atomic E-state index is 13.7. The Balaban J connectivity index is 1.72. The molecule has 3 rings (SSSR count). The number of carbonyl (C=O) groups excluding carboxylic acids is 1. The zero-order chi connectivity index (χ0) is 26.1. The molecule has 1 fully saturated rings. The van der Waals surface area contributed by atoms with E-state index >= 15 is 0 Å². The minimum absolute atomic E-state index is 0.0602. The normalized spacial score (nSPS) is 21.0. The van der Waals surface area contributed by atoms with Gasteiger partial charge in [0.25, 0.3) is 0 Å². The van der Waals surface area contributed by atoms with E-state index in [4.69, 9.17) is 5.73 Å². The molecule has 2 aliphatic heterocycles. The number of hydrogen-bond acceptors (Lipinski definition) is 7. The third-order valence-electron chi connectivity index (χ3n) is 6.42. The number of amides is 1. The smallest absolute Gasteiger partial charge is 0.214 e. The molecule has 0 aromatic heterocycles. The third-order valence-corrected chi connectivity index (χ3v) is 8.04. The van der Waals surface area contributed by atoms with Crippen LogP contribution in [-0.4, -0.2) is 67.7 Å². The number of nitrogen functional groups attached to an aromatic ring is 1. The number of halogens is 1. The Bertz CT molecular complexity index is 1090. The van der Waals surface area contributed by atoms with Gasteiger partial charge in [0, 0.05) is 73.9 Å². The fraction of sp³-hybridized carbons (Fsp3) is 0.444. The predicted molar refractivity (Wildman–Crippen MR) is 147 cm³/mol. The third kappa shape index (κ3) is 6.70. The molecule has 192 valence electrons. The van der Waals surface area contributed by atoms with Crippen LogP contribution in [0, 0.1) is 11.3 Å². The first-order valence-electron chi connectivity index (χ1n) is 12.2. The summed E-state index contributed by atoms with van der Waals surface area (Å²) < 4.78 is 13.7. The van der Waals surface area contributed by atoms with Crippen LogP contribution in [0.4, 0.5) is 15.8 Å². The second-order valence-corrected chi connectivity index (χ2v) is 10.0. The molecule has 2 aliphatic rings. The summed E-state index contributed by atoms with van der Waals surface area (Å²) >= 11 is 1.80. The van der Waals surface area contributed by atoms with Crippen LogP contribution in [0.25, 0.3) is 0 Å². The molecule has 2 atom stereocenters. The van der Waals surface area contributed by atoms with Gasteiger partial charge in [-0.3, -0.25) is 9.79 Å². The summed E-state index contributed by atoms with van der Waals surface area (Å²) in [6.07, 6.45) is 11.0. The van der Waals surface area contributed by atoms with Gasteiger partial charge >= 0.3 is 0 Å². The first kappa shape index (κ1) is 27.3. The van der Waals surface area contributed by atoms with Gasteiger partial charge in [0.1, 0.15) is 17.6 Å². The van der Waals surface area contributed by atoms with E-state index in [1.807, 2.05) is 23.4 Å². The molecule has 0 saturated carbocycles. The number of aliphatic imine (C=N–C) groups is 1.